The van der Waals surface area contributed by atoms with Gasteiger partial charge in [0.1, 0.15) is 0 Å². The van der Waals surface area contributed by atoms with Crippen LogP contribution in [-0.4, -0.2) is 185 Å². The minimum absolute atomic E-state index is 0.00958. The van der Waals surface area contributed by atoms with Crippen molar-refractivity contribution in [3.05, 3.63) is 29.8 Å². The van der Waals surface area contributed by atoms with Crippen LogP contribution in [0.1, 0.15) is 12.0 Å². The first-order chi connectivity index (χ1) is 25.4. The highest BCUT2D eigenvalue weighted by molar-refractivity contribution is 7.86. The Hall–Kier alpha value is -1.88. The zero-order valence-electron chi connectivity index (χ0n) is 30.6. The third-order valence-electron chi connectivity index (χ3n) is 6.33. The molecule has 17 nitrogen and oxygen atoms in total. The normalized spacial score (nSPS) is 11.8. The van der Waals surface area contributed by atoms with Gasteiger partial charge in [-0.15, -0.1) is 0 Å². The summed E-state index contributed by atoms with van der Waals surface area (Å²) in [5.41, 5.74) is 0.970. The van der Waals surface area contributed by atoms with Crippen LogP contribution in [0.3, 0.4) is 0 Å². The van der Waals surface area contributed by atoms with Gasteiger partial charge in [0.2, 0.25) is 0 Å². The molecule has 0 fully saturated rings. The van der Waals surface area contributed by atoms with Gasteiger partial charge in [0.05, 0.1) is 176 Å². The molecule has 1 rings (SSSR count). The lowest BCUT2D eigenvalue weighted by Gasteiger charge is -2.09. The Morgan fingerprint density at radius 2 is 0.654 bits per heavy atom. The van der Waals surface area contributed by atoms with Crippen molar-refractivity contribution < 1.29 is 79.3 Å². The van der Waals surface area contributed by atoms with Crippen molar-refractivity contribution in [2.45, 2.75) is 18.2 Å². The number of aryl methyl sites for hydroxylation is 1. The quantitative estimate of drug-likeness (QED) is 0.0741. The highest BCUT2D eigenvalue weighted by atomic mass is 32.2. The largest absolute Gasteiger partial charge is 0.481 e. The van der Waals surface area contributed by atoms with Crippen LogP contribution < -0.4 is 0 Å². The van der Waals surface area contributed by atoms with E-state index in [-0.39, 0.29) is 31.1 Å². The van der Waals surface area contributed by atoms with Crippen LogP contribution in [0, 0.1) is 6.92 Å². The molecule has 0 bridgehead atoms. The number of carbonyl (C=O) groups is 1. The molecule has 1 N–H and O–H groups in total. The molecule has 1 aromatic carbocycles. The fourth-order valence-corrected chi connectivity index (χ4v) is 4.55. The van der Waals surface area contributed by atoms with Gasteiger partial charge in [-0.05, 0) is 19.1 Å². The molecule has 0 spiro atoms. The molecule has 0 aliphatic heterocycles. The van der Waals surface area contributed by atoms with Crippen molar-refractivity contribution in [2.75, 3.05) is 165 Å². The summed E-state index contributed by atoms with van der Waals surface area (Å²) < 4.78 is 93.9. The van der Waals surface area contributed by atoms with Crippen molar-refractivity contribution >= 4 is 16.1 Å². The van der Waals surface area contributed by atoms with Crippen molar-refractivity contribution in [3.63, 3.8) is 0 Å². The maximum Gasteiger partial charge on any atom is 0.305 e. The summed E-state index contributed by atoms with van der Waals surface area (Å²) in [7, 11) is -3.78. The number of hydrogen-bond donors (Lipinski definition) is 1. The van der Waals surface area contributed by atoms with Gasteiger partial charge in [-0.3, -0.25) is 8.98 Å². The lowest BCUT2D eigenvalue weighted by atomic mass is 10.2. The SMILES string of the molecule is Cc1ccc(S(=O)(=O)OCCOCCOCCOCCOCCOCCOCCOCCOCCOCCOCCOCCOCCC(=O)O)cc1. The highest BCUT2D eigenvalue weighted by Crippen LogP contribution is 2.12. The summed E-state index contributed by atoms with van der Waals surface area (Å²) in [5, 5.41) is 8.49. The van der Waals surface area contributed by atoms with Crippen molar-refractivity contribution in [2.24, 2.45) is 0 Å². The molecule has 0 unspecified atom stereocenters. The molecule has 52 heavy (non-hydrogen) atoms. The van der Waals surface area contributed by atoms with Crippen LogP contribution in [0.25, 0.3) is 0 Å². The van der Waals surface area contributed by atoms with E-state index in [1.807, 2.05) is 6.92 Å². The predicted molar refractivity (Wildman–Crippen MR) is 186 cm³/mol. The smallest absolute Gasteiger partial charge is 0.305 e. The standard InChI is InChI=1S/C34H60O17S/c1-32-2-4-33(5-3-32)52(37,38)51-31-30-50-29-28-49-27-26-48-25-24-47-23-22-46-21-20-45-19-18-44-17-16-43-15-14-42-13-12-41-11-10-40-9-8-39-7-6-34(35)36/h2-5H,6-31H2,1H3,(H,35,36). The molecule has 0 radical (unpaired) electrons. The number of carboxylic acids is 1. The van der Waals surface area contributed by atoms with Crippen LogP contribution in [0.5, 0.6) is 0 Å². The summed E-state index contributed by atoms with van der Waals surface area (Å²) >= 11 is 0. The number of benzene rings is 1. The second kappa shape index (κ2) is 36.1. The van der Waals surface area contributed by atoms with Gasteiger partial charge in [0.25, 0.3) is 10.1 Å². The summed E-state index contributed by atoms with van der Waals surface area (Å²) in [4.78, 5) is 10.5. The minimum atomic E-state index is -3.78. The van der Waals surface area contributed by atoms with Crippen molar-refractivity contribution in [1.29, 1.82) is 0 Å². The molecule has 0 saturated carbocycles. The Morgan fingerprint density at radius 3 is 0.904 bits per heavy atom. The molecular weight excluding hydrogens is 712 g/mol. The van der Waals surface area contributed by atoms with E-state index >= 15 is 0 Å². The lowest BCUT2D eigenvalue weighted by molar-refractivity contribution is -0.138. The van der Waals surface area contributed by atoms with Gasteiger partial charge in [0, 0.05) is 0 Å². The van der Waals surface area contributed by atoms with E-state index in [0.29, 0.717) is 145 Å². The second-order valence-corrected chi connectivity index (χ2v) is 12.2. The first kappa shape index (κ1) is 48.1. The first-order valence-electron chi connectivity index (χ1n) is 17.5. The maximum absolute atomic E-state index is 12.1. The lowest BCUT2D eigenvalue weighted by Crippen LogP contribution is -2.16. The van der Waals surface area contributed by atoms with E-state index < -0.39 is 16.1 Å². The van der Waals surface area contributed by atoms with Gasteiger partial charge < -0.3 is 61.9 Å². The van der Waals surface area contributed by atoms with Crippen LogP contribution in [0.4, 0.5) is 0 Å². The third kappa shape index (κ3) is 32.7. The Morgan fingerprint density at radius 1 is 0.423 bits per heavy atom. The van der Waals surface area contributed by atoms with Gasteiger partial charge in [-0.2, -0.15) is 8.42 Å². The van der Waals surface area contributed by atoms with E-state index in [0.717, 1.165) is 5.56 Å². The molecule has 0 aliphatic carbocycles. The Kier molecular flexibility index (Phi) is 33.4. The maximum atomic E-state index is 12.1. The van der Waals surface area contributed by atoms with Gasteiger partial charge >= 0.3 is 5.97 Å². The van der Waals surface area contributed by atoms with Crippen LogP contribution in [0.2, 0.25) is 0 Å². The molecule has 0 aliphatic rings. The second-order valence-electron chi connectivity index (χ2n) is 10.6. The predicted octanol–water partition coefficient (Wildman–Crippen LogP) is 1.37. The monoisotopic (exact) mass is 772 g/mol. The Labute approximate surface area is 308 Å². The van der Waals surface area contributed by atoms with Crippen molar-refractivity contribution in [1.82, 2.24) is 0 Å². The van der Waals surface area contributed by atoms with Crippen LogP contribution in [0.15, 0.2) is 29.2 Å². The minimum Gasteiger partial charge on any atom is -0.481 e. The van der Waals surface area contributed by atoms with Crippen molar-refractivity contribution in [3.8, 4) is 0 Å². The van der Waals surface area contributed by atoms with Gasteiger partial charge in [-0.1, -0.05) is 17.7 Å². The zero-order valence-corrected chi connectivity index (χ0v) is 31.4. The number of rotatable bonds is 41. The summed E-state index contributed by atoms with van der Waals surface area (Å²) in [5.74, 6) is -0.880. The molecule has 0 aromatic heterocycles. The number of carboxylic acid groups (broad SMARTS) is 1. The topological polar surface area (TPSA) is 191 Å². The number of ether oxygens (including phenoxy) is 12. The number of aliphatic carboxylic acids is 1. The molecule has 0 atom stereocenters. The van der Waals surface area contributed by atoms with E-state index in [9.17, 15) is 13.2 Å². The molecule has 0 heterocycles. The van der Waals surface area contributed by atoms with E-state index in [2.05, 4.69) is 0 Å². The Balaban J connectivity index is 1.66. The van der Waals surface area contributed by atoms with Crippen LogP contribution in [-0.2, 0) is 75.9 Å². The molecule has 0 amide bonds. The highest BCUT2D eigenvalue weighted by Gasteiger charge is 2.14. The summed E-state index contributed by atoms with van der Waals surface area (Å²) in [6.07, 6.45) is -0.00958. The zero-order chi connectivity index (χ0) is 37.6. The molecule has 304 valence electrons. The number of hydrogen-bond acceptors (Lipinski definition) is 16. The Bertz CT molecular complexity index is 1030. The molecule has 0 saturated heterocycles. The van der Waals surface area contributed by atoms with Gasteiger partial charge in [0.15, 0.2) is 0 Å². The van der Waals surface area contributed by atoms with Gasteiger partial charge in [-0.25, -0.2) is 0 Å². The molecule has 1 aromatic rings. The van der Waals surface area contributed by atoms with E-state index in [1.165, 1.54) is 12.1 Å². The van der Waals surface area contributed by atoms with E-state index in [4.69, 9.17) is 66.1 Å². The fourth-order valence-electron chi connectivity index (χ4n) is 3.66. The van der Waals surface area contributed by atoms with Crippen LogP contribution >= 0.6 is 0 Å². The average molecular weight is 773 g/mol. The first-order valence-corrected chi connectivity index (χ1v) is 18.9. The van der Waals surface area contributed by atoms with E-state index in [1.54, 1.807) is 12.1 Å². The average Bonchev–Trinajstić information content (AvgIpc) is 3.12. The fraction of sp³-hybridized carbons (Fsp3) is 0.794. The third-order valence-corrected chi connectivity index (χ3v) is 7.65. The summed E-state index contributed by atoms with van der Waals surface area (Å²) in [6, 6.07) is 6.46. The molecular formula is C34H60O17S. The molecule has 18 heteroatoms. The summed E-state index contributed by atoms with van der Waals surface area (Å²) in [6.45, 7) is 11.8.